The zero-order chi connectivity index (χ0) is 30.5. The standard InChI is InChI=1S/C32H33N5O5S2/c38-30(24-6-4-23(5-7-24)21-36-14-18-44(40,41)19-15-36)35-32-34-29(22-43-32)25-2-1-3-26(20-25)31(39)33-27-8-10-28(11-9-27)37-12-16-42-17-13-37/h1-11,20,22H,12-19,21H2,(H,33,39)(H,34,35,38). The Morgan fingerprint density at radius 3 is 2.27 bits per heavy atom. The molecule has 2 saturated heterocycles. The molecule has 228 valence electrons. The molecule has 2 aliphatic heterocycles. The van der Waals surface area contributed by atoms with E-state index in [4.69, 9.17) is 4.74 Å². The van der Waals surface area contributed by atoms with Crippen molar-refractivity contribution >= 4 is 49.5 Å². The van der Waals surface area contributed by atoms with E-state index in [0.717, 1.165) is 29.9 Å². The molecule has 3 aromatic carbocycles. The van der Waals surface area contributed by atoms with Crippen LogP contribution < -0.4 is 15.5 Å². The minimum atomic E-state index is -2.92. The molecule has 0 spiro atoms. The predicted octanol–water partition coefficient (Wildman–Crippen LogP) is 4.38. The van der Waals surface area contributed by atoms with Crippen molar-refractivity contribution in [2.75, 3.05) is 66.4 Å². The maximum absolute atomic E-state index is 13.0. The summed E-state index contributed by atoms with van der Waals surface area (Å²) in [7, 11) is -2.92. The molecule has 0 aliphatic carbocycles. The number of thiazole rings is 1. The van der Waals surface area contributed by atoms with Crippen molar-refractivity contribution in [1.29, 1.82) is 0 Å². The number of aromatic nitrogens is 1. The van der Waals surface area contributed by atoms with Crippen LogP contribution in [0.4, 0.5) is 16.5 Å². The first-order chi connectivity index (χ1) is 21.3. The third kappa shape index (κ3) is 7.51. The van der Waals surface area contributed by atoms with Crippen molar-refractivity contribution in [2.24, 2.45) is 0 Å². The molecule has 0 saturated carbocycles. The van der Waals surface area contributed by atoms with E-state index in [1.165, 1.54) is 11.3 Å². The zero-order valence-corrected chi connectivity index (χ0v) is 25.7. The lowest BCUT2D eigenvalue weighted by Gasteiger charge is -2.28. The van der Waals surface area contributed by atoms with Gasteiger partial charge in [0, 0.05) is 66.2 Å². The molecule has 0 atom stereocenters. The molecule has 12 heteroatoms. The lowest BCUT2D eigenvalue weighted by molar-refractivity contribution is 0.101. The van der Waals surface area contributed by atoms with E-state index < -0.39 is 9.84 Å². The van der Waals surface area contributed by atoms with Crippen molar-refractivity contribution in [3.8, 4) is 11.3 Å². The number of sulfone groups is 1. The zero-order valence-electron chi connectivity index (χ0n) is 24.1. The quantitative estimate of drug-likeness (QED) is 0.294. The van der Waals surface area contributed by atoms with Crippen LogP contribution in [0.5, 0.6) is 0 Å². The van der Waals surface area contributed by atoms with Gasteiger partial charge in [-0.3, -0.25) is 19.8 Å². The van der Waals surface area contributed by atoms with Crippen LogP contribution in [0.15, 0.2) is 78.2 Å². The Labute approximate surface area is 260 Å². The van der Waals surface area contributed by atoms with Gasteiger partial charge in [-0.05, 0) is 54.1 Å². The van der Waals surface area contributed by atoms with E-state index in [2.05, 4.69) is 25.4 Å². The van der Waals surface area contributed by atoms with Gasteiger partial charge < -0.3 is 15.0 Å². The van der Waals surface area contributed by atoms with Gasteiger partial charge in [0.2, 0.25) is 0 Å². The van der Waals surface area contributed by atoms with Crippen LogP contribution in [-0.2, 0) is 21.1 Å². The molecular formula is C32H33N5O5S2. The van der Waals surface area contributed by atoms with Crippen molar-refractivity contribution < 1.29 is 22.7 Å². The lowest BCUT2D eigenvalue weighted by Crippen LogP contribution is -2.39. The third-order valence-corrected chi connectivity index (χ3v) is 10.1. The van der Waals surface area contributed by atoms with Crippen molar-refractivity contribution in [2.45, 2.75) is 6.54 Å². The first-order valence-corrected chi connectivity index (χ1v) is 17.1. The SMILES string of the molecule is O=C(Nc1ccc(N2CCOCC2)cc1)c1cccc(-c2csc(NC(=O)c3ccc(CN4CCS(=O)(=O)CC4)cc3)n2)c1. The summed E-state index contributed by atoms with van der Waals surface area (Å²) < 4.78 is 28.7. The molecule has 0 radical (unpaired) electrons. The molecule has 2 amide bonds. The number of amides is 2. The summed E-state index contributed by atoms with van der Waals surface area (Å²) in [6.45, 7) is 4.83. The number of anilines is 3. The van der Waals surface area contributed by atoms with E-state index in [0.29, 0.717) is 60.5 Å². The van der Waals surface area contributed by atoms with E-state index in [-0.39, 0.29) is 23.3 Å². The average Bonchev–Trinajstić information content (AvgIpc) is 3.52. The molecule has 10 nitrogen and oxygen atoms in total. The second kappa shape index (κ2) is 13.3. The smallest absolute Gasteiger partial charge is 0.257 e. The van der Waals surface area contributed by atoms with Crippen LogP contribution in [0.25, 0.3) is 11.3 Å². The molecular weight excluding hydrogens is 599 g/mol. The average molecular weight is 632 g/mol. The molecule has 3 heterocycles. The van der Waals surface area contributed by atoms with Crippen molar-refractivity contribution in [1.82, 2.24) is 9.88 Å². The Kier molecular flexibility index (Phi) is 9.03. The van der Waals surface area contributed by atoms with Gasteiger partial charge in [0.1, 0.15) is 0 Å². The highest BCUT2D eigenvalue weighted by Gasteiger charge is 2.21. The van der Waals surface area contributed by atoms with Crippen LogP contribution in [0, 0.1) is 0 Å². The minimum Gasteiger partial charge on any atom is -0.378 e. The molecule has 2 fully saturated rings. The fraction of sp³-hybridized carbons (Fsp3) is 0.281. The van der Waals surface area contributed by atoms with Crippen LogP contribution in [0.1, 0.15) is 26.3 Å². The summed E-state index contributed by atoms with van der Waals surface area (Å²) in [5, 5.41) is 8.12. The van der Waals surface area contributed by atoms with E-state index in [9.17, 15) is 18.0 Å². The van der Waals surface area contributed by atoms with Crippen LogP contribution in [0.3, 0.4) is 0 Å². The molecule has 0 bridgehead atoms. The Bertz CT molecular complexity index is 1720. The number of hydrogen-bond acceptors (Lipinski definition) is 9. The van der Waals surface area contributed by atoms with Crippen LogP contribution in [-0.4, -0.2) is 81.0 Å². The molecule has 1 aromatic heterocycles. The lowest BCUT2D eigenvalue weighted by atomic mass is 10.1. The van der Waals surface area contributed by atoms with Crippen LogP contribution in [0.2, 0.25) is 0 Å². The van der Waals surface area contributed by atoms with Gasteiger partial charge in [-0.25, -0.2) is 13.4 Å². The molecule has 44 heavy (non-hydrogen) atoms. The van der Waals surface area contributed by atoms with Gasteiger partial charge in [0.25, 0.3) is 11.8 Å². The van der Waals surface area contributed by atoms with Crippen LogP contribution >= 0.6 is 11.3 Å². The number of nitrogens with one attached hydrogen (secondary N) is 2. The topological polar surface area (TPSA) is 121 Å². The molecule has 6 rings (SSSR count). The Morgan fingerprint density at radius 2 is 1.55 bits per heavy atom. The summed E-state index contributed by atoms with van der Waals surface area (Å²) in [5.74, 6) is -0.117. The number of carbonyl (C=O) groups is 2. The summed E-state index contributed by atoms with van der Waals surface area (Å²) in [5.41, 5.74) is 5.27. The van der Waals surface area contributed by atoms with Gasteiger partial charge in [0.05, 0.1) is 30.4 Å². The fourth-order valence-corrected chi connectivity index (χ4v) is 7.15. The predicted molar refractivity (Wildman–Crippen MR) is 173 cm³/mol. The molecule has 2 N–H and O–H groups in total. The highest BCUT2D eigenvalue weighted by molar-refractivity contribution is 7.91. The summed E-state index contributed by atoms with van der Waals surface area (Å²) in [4.78, 5) is 34.8. The first kappa shape index (κ1) is 29.9. The number of morpholine rings is 1. The second-order valence-corrected chi connectivity index (χ2v) is 14.0. The maximum atomic E-state index is 13.0. The normalized spacial score (nSPS) is 16.8. The monoisotopic (exact) mass is 631 g/mol. The summed E-state index contributed by atoms with van der Waals surface area (Å²) >= 11 is 1.31. The summed E-state index contributed by atoms with van der Waals surface area (Å²) in [6, 6.07) is 22.3. The number of benzene rings is 3. The van der Waals surface area contributed by atoms with Crippen molar-refractivity contribution in [3.05, 3.63) is 94.9 Å². The highest BCUT2D eigenvalue weighted by Crippen LogP contribution is 2.27. The number of rotatable bonds is 8. The van der Waals surface area contributed by atoms with E-state index in [1.54, 1.807) is 24.3 Å². The molecule has 4 aromatic rings. The number of ether oxygens (including phenoxy) is 1. The Hall–Kier alpha value is -4.10. The largest absolute Gasteiger partial charge is 0.378 e. The number of carbonyl (C=O) groups excluding carboxylic acids is 2. The van der Waals surface area contributed by atoms with E-state index in [1.807, 2.05) is 53.9 Å². The van der Waals surface area contributed by atoms with Gasteiger partial charge in [-0.2, -0.15) is 0 Å². The Balaban J connectivity index is 1.04. The minimum absolute atomic E-state index is 0.186. The highest BCUT2D eigenvalue weighted by atomic mass is 32.2. The number of nitrogens with zero attached hydrogens (tertiary/aromatic N) is 3. The molecule has 0 unspecified atom stereocenters. The third-order valence-electron chi connectivity index (χ3n) is 7.71. The van der Waals surface area contributed by atoms with Gasteiger partial charge in [-0.1, -0.05) is 24.3 Å². The van der Waals surface area contributed by atoms with Gasteiger partial charge in [0.15, 0.2) is 15.0 Å². The molecule has 2 aliphatic rings. The summed E-state index contributed by atoms with van der Waals surface area (Å²) in [6.07, 6.45) is 0. The fourth-order valence-electron chi connectivity index (χ4n) is 5.16. The second-order valence-electron chi connectivity index (χ2n) is 10.8. The maximum Gasteiger partial charge on any atom is 0.257 e. The number of hydrogen-bond donors (Lipinski definition) is 2. The van der Waals surface area contributed by atoms with E-state index >= 15 is 0 Å². The Morgan fingerprint density at radius 1 is 0.841 bits per heavy atom. The van der Waals surface area contributed by atoms with Crippen molar-refractivity contribution in [3.63, 3.8) is 0 Å². The first-order valence-electron chi connectivity index (χ1n) is 14.4. The van der Waals surface area contributed by atoms with Gasteiger partial charge >= 0.3 is 0 Å². The van der Waals surface area contributed by atoms with Gasteiger partial charge in [-0.15, -0.1) is 11.3 Å².